The van der Waals surface area contributed by atoms with Crippen molar-refractivity contribution in [2.24, 2.45) is 0 Å². The Morgan fingerprint density at radius 2 is 1.49 bits per heavy atom. The lowest BCUT2D eigenvalue weighted by molar-refractivity contribution is -0.157. The zero-order valence-electron chi connectivity index (χ0n) is 20.4. The molecule has 2 atom stereocenters. The topological polar surface area (TPSA) is 70.1 Å². The highest BCUT2D eigenvalue weighted by Gasteiger charge is 2.38. The van der Waals surface area contributed by atoms with Gasteiger partial charge in [-0.1, -0.05) is 24.3 Å². The number of rotatable bonds is 13. The van der Waals surface area contributed by atoms with Crippen LogP contribution in [0.4, 0.5) is 0 Å². The molecule has 0 saturated heterocycles. The number of esters is 1. The van der Waals surface area contributed by atoms with Crippen molar-refractivity contribution in [1.29, 1.82) is 0 Å². The summed E-state index contributed by atoms with van der Waals surface area (Å²) in [6.07, 6.45) is -0.591. The fourth-order valence-corrected chi connectivity index (χ4v) is 5.09. The smallest absolute Gasteiger partial charge is 0.326 e. The van der Waals surface area contributed by atoms with E-state index in [4.69, 9.17) is 18.9 Å². The van der Waals surface area contributed by atoms with E-state index in [0.29, 0.717) is 29.3 Å². The van der Waals surface area contributed by atoms with E-state index in [-0.39, 0.29) is 12.6 Å². The third kappa shape index (κ3) is 7.51. The van der Waals surface area contributed by atoms with Crippen LogP contribution in [0.3, 0.4) is 0 Å². The predicted molar refractivity (Wildman–Crippen MR) is 140 cm³/mol. The van der Waals surface area contributed by atoms with Crippen molar-refractivity contribution in [1.82, 2.24) is 9.88 Å². The van der Waals surface area contributed by atoms with Crippen LogP contribution in [0.2, 0.25) is 0 Å². The zero-order valence-corrected chi connectivity index (χ0v) is 22.8. The first-order chi connectivity index (χ1) is 17.0. The van der Waals surface area contributed by atoms with E-state index in [9.17, 15) is 4.79 Å². The van der Waals surface area contributed by atoms with Crippen molar-refractivity contribution in [3.8, 4) is 11.5 Å². The monoisotopic (exact) mass is 562 g/mol. The molecule has 0 saturated carbocycles. The van der Waals surface area contributed by atoms with Crippen LogP contribution in [0.1, 0.15) is 36.1 Å². The molecular formula is C26H31BrN2O5S. The molecule has 0 aliphatic heterocycles. The summed E-state index contributed by atoms with van der Waals surface area (Å²) in [7, 11) is 3.28. The number of hydrogen-bond donors (Lipinski definition) is 0. The lowest BCUT2D eigenvalue weighted by atomic mass is 10.1. The van der Waals surface area contributed by atoms with E-state index in [1.165, 1.54) is 11.3 Å². The highest BCUT2D eigenvalue weighted by molar-refractivity contribution is 9.10. The Hall–Kier alpha value is -2.46. The van der Waals surface area contributed by atoms with Gasteiger partial charge in [0.05, 0.1) is 20.8 Å². The largest absolute Gasteiger partial charge is 0.497 e. The standard InChI is InChI=1S/C26H31BrN2O5S/c1-5-33-24(25-28-22(27)17-35-25)23(26(30)34-6-2)29(15-18-7-11-20(31-3)12-8-18)16-19-9-13-21(32-4)14-10-19/h7-14,17,23-24H,5-6,15-16H2,1-4H3/t23-,24-/m0/s1. The Bertz CT molecular complexity index is 1010. The summed E-state index contributed by atoms with van der Waals surface area (Å²) in [6, 6.07) is 14.9. The minimum absolute atomic E-state index is 0.272. The fourth-order valence-electron chi connectivity index (χ4n) is 3.75. The maximum atomic E-state index is 13.4. The molecule has 0 radical (unpaired) electrons. The van der Waals surface area contributed by atoms with Gasteiger partial charge in [-0.05, 0) is 65.2 Å². The highest BCUT2D eigenvalue weighted by atomic mass is 79.9. The van der Waals surface area contributed by atoms with Crippen molar-refractivity contribution in [3.63, 3.8) is 0 Å². The first-order valence-corrected chi connectivity index (χ1v) is 13.0. The molecular weight excluding hydrogens is 532 g/mol. The van der Waals surface area contributed by atoms with Gasteiger partial charge in [0.1, 0.15) is 33.3 Å². The summed E-state index contributed by atoms with van der Waals surface area (Å²) < 4.78 is 23.0. The van der Waals surface area contributed by atoms with Crippen LogP contribution in [-0.2, 0) is 27.4 Å². The number of hydrogen-bond acceptors (Lipinski definition) is 8. The molecule has 2 aromatic carbocycles. The number of halogens is 1. The molecule has 0 bridgehead atoms. The number of nitrogens with zero attached hydrogens (tertiary/aromatic N) is 2. The number of aromatic nitrogens is 1. The minimum Gasteiger partial charge on any atom is -0.497 e. The minimum atomic E-state index is -0.711. The van der Waals surface area contributed by atoms with Crippen LogP contribution in [0.15, 0.2) is 58.5 Å². The average molecular weight is 564 g/mol. The van der Waals surface area contributed by atoms with Crippen LogP contribution in [0.5, 0.6) is 11.5 Å². The van der Waals surface area contributed by atoms with Crippen LogP contribution < -0.4 is 9.47 Å². The fraction of sp³-hybridized carbons (Fsp3) is 0.385. The van der Waals surface area contributed by atoms with E-state index < -0.39 is 12.1 Å². The summed E-state index contributed by atoms with van der Waals surface area (Å²) in [5.41, 5.74) is 2.06. The van der Waals surface area contributed by atoms with Crippen molar-refractivity contribution in [3.05, 3.63) is 74.6 Å². The summed E-state index contributed by atoms with van der Waals surface area (Å²) in [4.78, 5) is 20.1. The molecule has 0 aliphatic carbocycles. The molecule has 0 fully saturated rings. The molecule has 0 aliphatic rings. The average Bonchev–Trinajstić information content (AvgIpc) is 3.30. The Balaban J connectivity index is 2.03. The lowest BCUT2D eigenvalue weighted by Gasteiger charge is -2.34. The first-order valence-electron chi connectivity index (χ1n) is 11.4. The lowest BCUT2D eigenvalue weighted by Crippen LogP contribution is -2.46. The molecule has 3 aromatic rings. The van der Waals surface area contributed by atoms with Crippen LogP contribution >= 0.6 is 27.3 Å². The van der Waals surface area contributed by atoms with Gasteiger partial charge in [-0.25, -0.2) is 4.98 Å². The maximum absolute atomic E-state index is 13.4. The molecule has 35 heavy (non-hydrogen) atoms. The molecule has 0 spiro atoms. The van der Waals surface area contributed by atoms with Crippen LogP contribution in [0, 0.1) is 0 Å². The van der Waals surface area contributed by atoms with E-state index in [2.05, 4.69) is 25.8 Å². The van der Waals surface area contributed by atoms with Gasteiger partial charge in [-0.2, -0.15) is 0 Å². The van der Waals surface area contributed by atoms with Gasteiger partial charge in [-0.15, -0.1) is 11.3 Å². The van der Waals surface area contributed by atoms with Crippen molar-refractivity contribution in [2.75, 3.05) is 27.4 Å². The number of ether oxygens (including phenoxy) is 4. The van der Waals surface area contributed by atoms with Crippen molar-refractivity contribution < 1.29 is 23.7 Å². The second kappa shape index (κ2) is 13.6. The van der Waals surface area contributed by atoms with Gasteiger partial charge in [0.15, 0.2) is 0 Å². The molecule has 1 heterocycles. The second-order valence-electron chi connectivity index (χ2n) is 7.68. The van der Waals surface area contributed by atoms with Gasteiger partial charge in [0, 0.05) is 25.1 Å². The highest BCUT2D eigenvalue weighted by Crippen LogP contribution is 2.32. The Labute approximate surface area is 219 Å². The van der Waals surface area contributed by atoms with Crippen molar-refractivity contribution in [2.45, 2.75) is 39.1 Å². The third-order valence-corrected chi connectivity index (χ3v) is 7.00. The van der Waals surface area contributed by atoms with Crippen LogP contribution in [-0.4, -0.2) is 49.3 Å². The Morgan fingerprint density at radius 3 is 1.89 bits per heavy atom. The van der Waals surface area contributed by atoms with Crippen LogP contribution in [0.25, 0.3) is 0 Å². The normalized spacial score (nSPS) is 12.9. The number of methoxy groups -OCH3 is 2. The molecule has 9 heteroatoms. The molecule has 0 amide bonds. The summed E-state index contributed by atoms with van der Waals surface area (Å²) in [5, 5.41) is 2.60. The molecule has 3 rings (SSSR count). The molecule has 188 valence electrons. The Morgan fingerprint density at radius 1 is 0.943 bits per heavy atom. The molecule has 1 aromatic heterocycles. The second-order valence-corrected chi connectivity index (χ2v) is 9.38. The summed E-state index contributed by atoms with van der Waals surface area (Å²) >= 11 is 4.88. The van der Waals surface area contributed by atoms with E-state index >= 15 is 0 Å². The third-order valence-electron chi connectivity index (χ3n) is 5.38. The number of carbonyl (C=O) groups excluding carboxylic acids is 1. The summed E-state index contributed by atoms with van der Waals surface area (Å²) in [5.74, 6) is 1.20. The van der Waals surface area contributed by atoms with Crippen molar-refractivity contribution >= 4 is 33.2 Å². The molecule has 7 nitrogen and oxygen atoms in total. The predicted octanol–water partition coefficient (Wildman–Crippen LogP) is 5.63. The van der Waals surface area contributed by atoms with Gasteiger partial charge < -0.3 is 18.9 Å². The first kappa shape index (κ1) is 27.1. The SMILES string of the molecule is CCOC(=O)[C@H]([C@H](OCC)c1nc(Br)cs1)N(Cc1ccc(OC)cc1)Cc1ccc(OC)cc1. The number of benzene rings is 2. The zero-order chi connectivity index (χ0) is 25.2. The van der Waals surface area contributed by atoms with E-state index in [0.717, 1.165) is 22.6 Å². The van der Waals surface area contributed by atoms with Gasteiger partial charge in [0.25, 0.3) is 0 Å². The maximum Gasteiger partial charge on any atom is 0.326 e. The Kier molecular flexibility index (Phi) is 10.5. The van der Waals surface area contributed by atoms with E-state index in [1.807, 2.05) is 67.8 Å². The summed E-state index contributed by atoms with van der Waals surface area (Å²) in [6.45, 7) is 5.41. The van der Waals surface area contributed by atoms with Gasteiger partial charge >= 0.3 is 5.97 Å². The molecule has 0 N–H and O–H groups in total. The van der Waals surface area contributed by atoms with E-state index in [1.54, 1.807) is 14.2 Å². The van der Waals surface area contributed by atoms with Gasteiger partial charge in [-0.3, -0.25) is 9.69 Å². The number of carbonyl (C=O) groups is 1. The molecule has 0 unspecified atom stereocenters. The number of thiazole rings is 1. The van der Waals surface area contributed by atoms with Gasteiger partial charge in [0.2, 0.25) is 0 Å². The quantitative estimate of drug-likeness (QED) is 0.250.